The van der Waals surface area contributed by atoms with Gasteiger partial charge in [-0.25, -0.2) is 0 Å². The Morgan fingerprint density at radius 3 is 2.72 bits per heavy atom. The van der Waals surface area contributed by atoms with Crippen LogP contribution < -0.4 is 4.74 Å². The number of tetrazole rings is 1. The van der Waals surface area contributed by atoms with Crippen LogP contribution in [0.1, 0.15) is 30.0 Å². The van der Waals surface area contributed by atoms with Gasteiger partial charge in [0.2, 0.25) is 5.16 Å². The quantitative estimate of drug-likeness (QED) is 0.598. The van der Waals surface area contributed by atoms with E-state index in [-0.39, 0.29) is 0 Å². The summed E-state index contributed by atoms with van der Waals surface area (Å²) in [4.78, 5) is 0. The number of H-pyrrole nitrogens is 1. The van der Waals surface area contributed by atoms with Crippen molar-refractivity contribution in [2.24, 2.45) is 0 Å². The van der Waals surface area contributed by atoms with Crippen LogP contribution >= 0.6 is 11.8 Å². The van der Waals surface area contributed by atoms with Gasteiger partial charge in [0.15, 0.2) is 0 Å². The molecule has 0 radical (unpaired) electrons. The molecule has 25 heavy (non-hydrogen) atoms. The molecule has 2 N–H and O–H groups in total. The molecule has 3 rings (SSSR count). The minimum atomic E-state index is 0.292. The maximum absolute atomic E-state index is 10.1. The van der Waals surface area contributed by atoms with Gasteiger partial charge >= 0.3 is 0 Å². The van der Waals surface area contributed by atoms with E-state index in [0.717, 1.165) is 41.0 Å². The van der Waals surface area contributed by atoms with Crippen LogP contribution in [-0.4, -0.2) is 25.7 Å². The van der Waals surface area contributed by atoms with Gasteiger partial charge in [-0.15, -0.1) is 10.2 Å². The first-order chi connectivity index (χ1) is 12.3. The van der Waals surface area contributed by atoms with E-state index in [1.807, 2.05) is 24.3 Å². The van der Waals surface area contributed by atoms with Crippen molar-refractivity contribution < 1.29 is 9.84 Å². The highest BCUT2D eigenvalue weighted by molar-refractivity contribution is 7.98. The highest BCUT2D eigenvalue weighted by Gasteiger charge is 2.10. The fourth-order valence-electron chi connectivity index (χ4n) is 2.54. The number of hydrogen-bond acceptors (Lipinski definition) is 6. The molecule has 0 amide bonds. The second-order valence-electron chi connectivity index (χ2n) is 5.54. The number of benzene rings is 2. The number of aromatic nitrogens is 4. The second kappa shape index (κ2) is 8.53. The molecule has 7 heteroatoms. The highest BCUT2D eigenvalue weighted by Crippen LogP contribution is 2.30. The van der Waals surface area contributed by atoms with Crippen molar-refractivity contribution in [2.45, 2.75) is 37.3 Å². The Hall–Kier alpha value is -2.54. The van der Waals surface area contributed by atoms with Crippen LogP contribution in [0.4, 0.5) is 0 Å². The van der Waals surface area contributed by atoms with E-state index in [0.29, 0.717) is 17.5 Å². The van der Waals surface area contributed by atoms with Crippen molar-refractivity contribution >= 4 is 11.8 Å². The summed E-state index contributed by atoms with van der Waals surface area (Å²) in [6.07, 6.45) is 1.74. The van der Waals surface area contributed by atoms with E-state index in [9.17, 15) is 5.11 Å². The summed E-state index contributed by atoms with van der Waals surface area (Å²) in [5, 5.41) is 24.6. The van der Waals surface area contributed by atoms with Gasteiger partial charge in [-0.3, -0.25) is 0 Å². The number of aromatic amines is 1. The van der Waals surface area contributed by atoms with Crippen LogP contribution in [0.5, 0.6) is 11.5 Å². The first-order valence-electron chi connectivity index (χ1n) is 8.14. The van der Waals surface area contributed by atoms with Gasteiger partial charge in [0.05, 0.1) is 0 Å². The fourth-order valence-corrected chi connectivity index (χ4v) is 3.31. The van der Waals surface area contributed by atoms with Gasteiger partial charge < -0.3 is 9.84 Å². The minimum Gasteiger partial charge on any atom is -0.508 e. The van der Waals surface area contributed by atoms with Crippen LogP contribution in [0.25, 0.3) is 0 Å². The Morgan fingerprint density at radius 1 is 1.12 bits per heavy atom. The molecule has 3 aromatic rings. The Morgan fingerprint density at radius 2 is 1.96 bits per heavy atom. The predicted molar refractivity (Wildman–Crippen MR) is 96.6 cm³/mol. The summed E-state index contributed by atoms with van der Waals surface area (Å²) in [5.41, 5.74) is 3.13. The predicted octanol–water partition coefficient (Wildman–Crippen LogP) is 3.73. The molecule has 0 saturated carbocycles. The van der Waals surface area contributed by atoms with Gasteiger partial charge in [-0.2, -0.15) is 5.21 Å². The maximum Gasteiger partial charge on any atom is 0.231 e. The highest BCUT2D eigenvalue weighted by atomic mass is 32.2. The molecule has 0 spiro atoms. The van der Waals surface area contributed by atoms with Crippen molar-refractivity contribution in [2.75, 3.05) is 0 Å². The summed E-state index contributed by atoms with van der Waals surface area (Å²) in [6.45, 7) is 2.53. The molecule has 130 valence electrons. The molecular formula is C18H20N4O2S. The first kappa shape index (κ1) is 17.3. The van der Waals surface area contributed by atoms with E-state index in [1.165, 1.54) is 11.8 Å². The van der Waals surface area contributed by atoms with Gasteiger partial charge in [-0.1, -0.05) is 55.4 Å². The first-order valence-corrected chi connectivity index (χ1v) is 9.13. The molecule has 2 aromatic carbocycles. The molecule has 1 heterocycles. The summed E-state index contributed by atoms with van der Waals surface area (Å²) < 4.78 is 6.02. The van der Waals surface area contributed by atoms with Crippen LogP contribution in [0.15, 0.2) is 47.6 Å². The SMILES string of the molecule is CCCc1c(O)cccc1OCc1ccccc1CSc1nn[nH]n1. The molecule has 0 aliphatic rings. The lowest BCUT2D eigenvalue weighted by Crippen LogP contribution is -2.02. The third-order valence-corrected chi connectivity index (χ3v) is 4.68. The molecule has 0 fully saturated rings. The Labute approximate surface area is 150 Å². The molecule has 1 aromatic heterocycles. The second-order valence-corrected chi connectivity index (χ2v) is 6.49. The number of rotatable bonds is 8. The van der Waals surface area contributed by atoms with E-state index < -0.39 is 0 Å². The molecule has 0 atom stereocenters. The molecule has 0 bridgehead atoms. The smallest absolute Gasteiger partial charge is 0.231 e. The number of thioether (sulfide) groups is 1. The number of ether oxygens (including phenoxy) is 1. The van der Waals surface area contributed by atoms with Crippen molar-refractivity contribution in [1.82, 2.24) is 20.6 Å². The van der Waals surface area contributed by atoms with Crippen LogP contribution in [0.2, 0.25) is 0 Å². The number of phenolic OH excluding ortho intramolecular Hbond substituents is 1. The number of nitrogens with zero attached hydrogens (tertiary/aromatic N) is 3. The zero-order valence-electron chi connectivity index (χ0n) is 14.0. The number of phenols is 1. The van der Waals surface area contributed by atoms with Gasteiger partial charge in [0, 0.05) is 11.3 Å². The lowest BCUT2D eigenvalue weighted by molar-refractivity contribution is 0.299. The number of aromatic hydroxyl groups is 1. The van der Waals surface area contributed by atoms with Crippen molar-refractivity contribution in [3.63, 3.8) is 0 Å². The van der Waals surface area contributed by atoms with E-state index in [2.05, 4.69) is 39.7 Å². The number of nitrogens with one attached hydrogen (secondary N) is 1. The molecule has 0 saturated heterocycles. The summed E-state index contributed by atoms with van der Waals surface area (Å²) >= 11 is 1.52. The lowest BCUT2D eigenvalue weighted by atomic mass is 10.1. The topological polar surface area (TPSA) is 83.9 Å². The zero-order valence-corrected chi connectivity index (χ0v) is 14.8. The Balaban J connectivity index is 1.70. The number of hydrogen-bond donors (Lipinski definition) is 2. The zero-order chi connectivity index (χ0) is 17.5. The minimum absolute atomic E-state index is 0.292. The molecule has 6 nitrogen and oxygen atoms in total. The van der Waals surface area contributed by atoms with Gasteiger partial charge in [0.25, 0.3) is 0 Å². The molecule has 0 unspecified atom stereocenters. The standard InChI is InChI=1S/C18H20N4O2S/c1-2-6-15-16(23)9-5-10-17(15)24-11-13-7-3-4-8-14(13)12-25-18-19-21-22-20-18/h3-5,7-10,23H,2,6,11-12H2,1H3,(H,19,20,21,22). The van der Waals surface area contributed by atoms with Crippen molar-refractivity contribution in [3.05, 3.63) is 59.2 Å². The van der Waals surface area contributed by atoms with E-state index in [1.54, 1.807) is 6.07 Å². The summed E-state index contributed by atoms with van der Waals surface area (Å²) in [7, 11) is 0. The van der Waals surface area contributed by atoms with Crippen LogP contribution in [0.3, 0.4) is 0 Å². The largest absolute Gasteiger partial charge is 0.508 e. The average Bonchev–Trinajstić information content (AvgIpc) is 3.15. The maximum atomic E-state index is 10.1. The molecular weight excluding hydrogens is 336 g/mol. The summed E-state index contributed by atoms with van der Waals surface area (Å²) in [5.74, 6) is 1.77. The van der Waals surface area contributed by atoms with Crippen LogP contribution in [0, 0.1) is 0 Å². The molecule has 0 aliphatic heterocycles. The average molecular weight is 356 g/mol. The Bertz CT molecular complexity index is 809. The van der Waals surface area contributed by atoms with E-state index >= 15 is 0 Å². The fraction of sp³-hybridized carbons (Fsp3) is 0.278. The van der Waals surface area contributed by atoms with Gasteiger partial charge in [-0.05, 0) is 34.9 Å². The third-order valence-electron chi connectivity index (χ3n) is 3.79. The monoisotopic (exact) mass is 356 g/mol. The molecule has 0 aliphatic carbocycles. The lowest BCUT2D eigenvalue weighted by Gasteiger charge is -2.14. The normalized spacial score (nSPS) is 10.8. The van der Waals surface area contributed by atoms with Crippen molar-refractivity contribution in [3.8, 4) is 11.5 Å². The van der Waals surface area contributed by atoms with E-state index in [4.69, 9.17) is 4.74 Å². The summed E-state index contributed by atoms with van der Waals surface area (Å²) in [6, 6.07) is 13.5. The van der Waals surface area contributed by atoms with Crippen LogP contribution in [-0.2, 0) is 18.8 Å². The third kappa shape index (κ3) is 4.51. The Kier molecular flexibility index (Phi) is 5.90. The van der Waals surface area contributed by atoms with Crippen molar-refractivity contribution in [1.29, 1.82) is 0 Å². The van der Waals surface area contributed by atoms with Gasteiger partial charge in [0.1, 0.15) is 18.1 Å².